The largest absolute Gasteiger partial charge is 0.407 e. The summed E-state index contributed by atoms with van der Waals surface area (Å²) in [6, 6.07) is 0. The number of alkyl halides is 3. The van der Waals surface area contributed by atoms with Gasteiger partial charge in [0.2, 0.25) is 0 Å². The van der Waals surface area contributed by atoms with Crippen molar-refractivity contribution in [2.75, 3.05) is 0 Å². The van der Waals surface area contributed by atoms with E-state index in [1.54, 1.807) is 0 Å². The first kappa shape index (κ1) is 14.8. The maximum Gasteiger partial charge on any atom is 0.407 e. The highest BCUT2D eigenvalue weighted by Gasteiger charge is 2.56. The molecule has 1 saturated carbocycles. The molecule has 0 saturated heterocycles. The van der Waals surface area contributed by atoms with Gasteiger partial charge in [0.25, 0.3) is 0 Å². The zero-order valence-corrected chi connectivity index (χ0v) is 11.1. The van der Waals surface area contributed by atoms with Crippen LogP contribution in [0.3, 0.4) is 0 Å². The van der Waals surface area contributed by atoms with Crippen LogP contribution in [-0.2, 0) is 4.79 Å². The number of carbonyl (C=O) groups excluding carboxylic acids is 1. The average Bonchev–Trinajstić information content (AvgIpc) is 2.14. The number of Topliss-reactive ketones (excluding diaryl/α,β-unsaturated/α-hetero) is 1. The maximum absolute atomic E-state index is 13.1. The number of halogens is 3. The van der Waals surface area contributed by atoms with Gasteiger partial charge < -0.3 is 0 Å². The van der Waals surface area contributed by atoms with Crippen molar-refractivity contribution >= 4 is 17.7 Å². The van der Waals surface area contributed by atoms with Crippen molar-refractivity contribution in [1.82, 2.24) is 4.72 Å². The van der Waals surface area contributed by atoms with Gasteiger partial charge in [-0.25, -0.2) is 4.72 Å². The first-order valence-electron chi connectivity index (χ1n) is 5.59. The molecule has 1 rings (SSSR count). The van der Waals surface area contributed by atoms with Gasteiger partial charge in [0.15, 0.2) is 0 Å². The highest BCUT2D eigenvalue weighted by Crippen LogP contribution is 2.43. The summed E-state index contributed by atoms with van der Waals surface area (Å²) >= 11 is 1.09. The van der Waals surface area contributed by atoms with Gasteiger partial charge in [-0.1, -0.05) is 11.9 Å². The Morgan fingerprint density at radius 3 is 2.00 bits per heavy atom. The van der Waals surface area contributed by atoms with E-state index in [9.17, 15) is 18.0 Å². The molecule has 17 heavy (non-hydrogen) atoms. The Bertz CT molecular complexity index is 286. The van der Waals surface area contributed by atoms with Crippen LogP contribution >= 0.6 is 11.9 Å². The van der Waals surface area contributed by atoms with Gasteiger partial charge in [0, 0.05) is 17.6 Å². The second-order valence-electron chi connectivity index (χ2n) is 5.44. The van der Waals surface area contributed by atoms with Crippen LogP contribution in [-0.4, -0.2) is 22.2 Å². The second kappa shape index (κ2) is 4.80. The van der Waals surface area contributed by atoms with Crippen molar-refractivity contribution < 1.29 is 18.0 Å². The molecule has 1 aliphatic carbocycles. The van der Waals surface area contributed by atoms with E-state index in [4.69, 9.17) is 0 Å². The molecular weight excluding hydrogens is 251 g/mol. The third kappa shape index (κ3) is 3.88. The molecule has 0 amide bonds. The summed E-state index contributed by atoms with van der Waals surface area (Å²) in [7, 11) is 0. The van der Waals surface area contributed by atoms with E-state index < -0.39 is 11.7 Å². The first-order valence-corrected chi connectivity index (χ1v) is 6.41. The van der Waals surface area contributed by atoms with Crippen LogP contribution in [0.15, 0.2) is 0 Å². The van der Waals surface area contributed by atoms with E-state index in [0.29, 0.717) is 0 Å². The molecule has 0 heterocycles. The average molecular weight is 269 g/mol. The van der Waals surface area contributed by atoms with Crippen molar-refractivity contribution in [2.45, 2.75) is 62.9 Å². The molecule has 1 aliphatic rings. The maximum atomic E-state index is 13.1. The quantitative estimate of drug-likeness (QED) is 0.778. The fourth-order valence-electron chi connectivity index (χ4n) is 1.65. The number of rotatable bonds is 2. The number of hydrogen-bond donors (Lipinski definition) is 1. The number of hydrogen-bond acceptors (Lipinski definition) is 3. The SMILES string of the molecule is CC(C)(C)SNC1(C(F)(F)F)CCC(=O)CC1. The zero-order chi connectivity index (χ0) is 13.3. The van der Waals surface area contributed by atoms with Crippen LogP contribution in [0.5, 0.6) is 0 Å². The smallest absolute Gasteiger partial charge is 0.300 e. The van der Waals surface area contributed by atoms with Crippen LogP contribution in [0.25, 0.3) is 0 Å². The molecule has 6 heteroatoms. The lowest BCUT2D eigenvalue weighted by molar-refractivity contribution is -0.198. The molecule has 1 fully saturated rings. The van der Waals surface area contributed by atoms with Gasteiger partial charge in [-0.2, -0.15) is 13.2 Å². The summed E-state index contributed by atoms with van der Waals surface area (Å²) in [6.45, 7) is 5.55. The third-order valence-electron chi connectivity index (χ3n) is 2.76. The summed E-state index contributed by atoms with van der Waals surface area (Å²) < 4.78 is 41.6. The fourth-order valence-corrected chi connectivity index (χ4v) is 2.47. The minimum Gasteiger partial charge on any atom is -0.300 e. The van der Waals surface area contributed by atoms with Gasteiger partial charge in [-0.05, 0) is 33.6 Å². The lowest BCUT2D eigenvalue weighted by Gasteiger charge is -2.40. The second-order valence-corrected chi connectivity index (χ2v) is 7.07. The topological polar surface area (TPSA) is 29.1 Å². The molecule has 0 aromatic rings. The van der Waals surface area contributed by atoms with Crippen molar-refractivity contribution in [3.8, 4) is 0 Å². The van der Waals surface area contributed by atoms with E-state index >= 15 is 0 Å². The first-order chi connectivity index (χ1) is 7.56. The summed E-state index contributed by atoms with van der Waals surface area (Å²) in [5, 5.41) is 0. The minimum absolute atomic E-state index is 0.0111. The molecule has 0 atom stereocenters. The lowest BCUT2D eigenvalue weighted by atomic mass is 9.81. The molecule has 0 aromatic carbocycles. The van der Waals surface area contributed by atoms with E-state index in [-0.39, 0.29) is 36.2 Å². The monoisotopic (exact) mass is 269 g/mol. The van der Waals surface area contributed by atoms with Crippen LogP contribution in [0.2, 0.25) is 0 Å². The Labute approximate surface area is 104 Å². The van der Waals surface area contributed by atoms with Gasteiger partial charge in [-0.3, -0.25) is 4.79 Å². The van der Waals surface area contributed by atoms with Gasteiger partial charge in [-0.15, -0.1) is 0 Å². The Balaban J connectivity index is 2.78. The number of carbonyl (C=O) groups is 1. The van der Waals surface area contributed by atoms with Crippen LogP contribution in [0.1, 0.15) is 46.5 Å². The predicted molar refractivity (Wildman–Crippen MR) is 62.7 cm³/mol. The molecule has 1 N–H and O–H groups in total. The minimum atomic E-state index is -4.31. The molecule has 0 spiro atoms. The molecule has 2 nitrogen and oxygen atoms in total. The molecule has 0 aromatic heterocycles. The van der Waals surface area contributed by atoms with Crippen molar-refractivity contribution in [1.29, 1.82) is 0 Å². The molecule has 0 aliphatic heterocycles. The van der Waals surface area contributed by atoms with Crippen LogP contribution in [0, 0.1) is 0 Å². The summed E-state index contributed by atoms with van der Waals surface area (Å²) in [4.78, 5) is 11.1. The number of nitrogens with one attached hydrogen (secondary N) is 1. The van der Waals surface area contributed by atoms with Crippen LogP contribution < -0.4 is 4.72 Å². The summed E-state index contributed by atoms with van der Waals surface area (Å²) in [5.74, 6) is -0.0765. The lowest BCUT2D eigenvalue weighted by Crippen LogP contribution is -2.57. The normalized spacial score (nSPS) is 21.6. The highest BCUT2D eigenvalue weighted by molar-refractivity contribution is 7.98. The Kier molecular flexibility index (Phi) is 4.19. The molecular formula is C11H18F3NOS. The van der Waals surface area contributed by atoms with Gasteiger partial charge in [0.05, 0.1) is 0 Å². The standard InChI is InChI=1S/C11H18F3NOS/c1-9(2,3)17-15-10(11(12,13)14)6-4-8(16)5-7-10/h15H,4-7H2,1-3H3. The number of ketones is 1. The van der Waals surface area contributed by atoms with Crippen molar-refractivity contribution in [3.63, 3.8) is 0 Å². The Morgan fingerprint density at radius 1 is 1.18 bits per heavy atom. The van der Waals surface area contributed by atoms with Gasteiger partial charge >= 0.3 is 6.18 Å². The Morgan fingerprint density at radius 2 is 1.65 bits per heavy atom. The molecule has 100 valence electrons. The fraction of sp³-hybridized carbons (Fsp3) is 0.909. The van der Waals surface area contributed by atoms with Crippen molar-refractivity contribution in [2.24, 2.45) is 0 Å². The summed E-state index contributed by atoms with van der Waals surface area (Å²) in [5.41, 5.74) is -1.90. The zero-order valence-electron chi connectivity index (χ0n) is 10.3. The predicted octanol–water partition coefficient (Wildman–Crippen LogP) is 3.47. The van der Waals surface area contributed by atoms with Crippen LogP contribution in [0.4, 0.5) is 13.2 Å². The van der Waals surface area contributed by atoms with E-state index in [1.807, 2.05) is 20.8 Å². The summed E-state index contributed by atoms with van der Waals surface area (Å²) in [6.07, 6.45) is -4.60. The highest BCUT2D eigenvalue weighted by atomic mass is 32.2. The Hall–Kier alpha value is -0.230. The van der Waals surface area contributed by atoms with E-state index in [1.165, 1.54) is 0 Å². The molecule has 0 radical (unpaired) electrons. The van der Waals surface area contributed by atoms with E-state index in [2.05, 4.69) is 4.72 Å². The molecule has 0 unspecified atom stereocenters. The van der Waals surface area contributed by atoms with Crippen molar-refractivity contribution in [3.05, 3.63) is 0 Å². The van der Waals surface area contributed by atoms with E-state index in [0.717, 1.165) is 11.9 Å². The molecule has 0 bridgehead atoms. The third-order valence-corrected chi connectivity index (χ3v) is 3.86. The van der Waals surface area contributed by atoms with Gasteiger partial charge in [0.1, 0.15) is 11.3 Å².